The number of carbonyl (C=O) groups is 1. The van der Waals surface area contributed by atoms with E-state index in [4.69, 9.17) is 9.84 Å². The largest absolute Gasteiger partial charge is 0.379 e. The molecule has 1 N–H and O–H groups in total. The molecular formula is C23H24N4O4S2. The van der Waals surface area contributed by atoms with E-state index >= 15 is 0 Å². The van der Waals surface area contributed by atoms with E-state index in [2.05, 4.69) is 5.32 Å². The van der Waals surface area contributed by atoms with Crippen molar-refractivity contribution in [3.8, 4) is 5.69 Å². The number of nitrogens with one attached hydrogen (secondary N) is 1. The van der Waals surface area contributed by atoms with Crippen LogP contribution < -0.4 is 5.32 Å². The van der Waals surface area contributed by atoms with Crippen LogP contribution in [0.4, 0.5) is 5.82 Å². The Bertz CT molecular complexity index is 1300. The average Bonchev–Trinajstić information content (AvgIpc) is 3.43. The summed E-state index contributed by atoms with van der Waals surface area (Å²) < 4.78 is 34.1. The molecule has 2 aliphatic rings. The Labute approximate surface area is 197 Å². The van der Waals surface area contributed by atoms with Gasteiger partial charge in [-0.2, -0.15) is 21.2 Å². The molecule has 3 heterocycles. The zero-order chi connectivity index (χ0) is 23.0. The molecule has 2 aromatic carbocycles. The fourth-order valence-electron chi connectivity index (χ4n) is 4.01. The zero-order valence-corrected chi connectivity index (χ0v) is 19.8. The molecule has 8 nitrogen and oxygen atoms in total. The Kier molecular flexibility index (Phi) is 6.00. The summed E-state index contributed by atoms with van der Waals surface area (Å²) in [7, 11) is -3.61. The number of fused-ring (bicyclic) bond motifs is 1. The highest BCUT2D eigenvalue weighted by molar-refractivity contribution is 7.98. The fraction of sp³-hybridized carbons (Fsp3) is 0.304. The molecule has 5 rings (SSSR count). The average molecular weight is 485 g/mol. The van der Waals surface area contributed by atoms with E-state index in [0.29, 0.717) is 37.7 Å². The van der Waals surface area contributed by atoms with Gasteiger partial charge in [-0.15, -0.1) is 0 Å². The molecule has 0 radical (unpaired) electrons. The number of carbonyl (C=O) groups excluding carboxylic acids is 1. The topological polar surface area (TPSA) is 93.5 Å². The second-order valence-corrected chi connectivity index (χ2v) is 10.9. The van der Waals surface area contributed by atoms with Crippen molar-refractivity contribution in [2.75, 3.05) is 31.6 Å². The molecule has 3 aromatic rings. The summed E-state index contributed by atoms with van der Waals surface area (Å²) in [5.41, 5.74) is 4.36. The lowest BCUT2D eigenvalue weighted by Crippen LogP contribution is -2.40. The Balaban J connectivity index is 1.41. The summed E-state index contributed by atoms with van der Waals surface area (Å²) in [6.07, 6.45) is 0. The van der Waals surface area contributed by atoms with Gasteiger partial charge in [-0.3, -0.25) is 4.79 Å². The number of benzene rings is 2. The summed E-state index contributed by atoms with van der Waals surface area (Å²) in [6.45, 7) is 3.44. The smallest absolute Gasteiger partial charge is 0.256 e. The van der Waals surface area contributed by atoms with Crippen molar-refractivity contribution in [3.05, 3.63) is 70.9 Å². The number of nitrogens with zero attached hydrogens (tertiary/aromatic N) is 3. The van der Waals surface area contributed by atoms with Gasteiger partial charge in [-0.1, -0.05) is 18.2 Å². The summed E-state index contributed by atoms with van der Waals surface area (Å²) in [4.78, 5) is 13.3. The minimum Gasteiger partial charge on any atom is -0.379 e. The number of aryl methyl sites for hydroxylation is 1. The predicted molar refractivity (Wildman–Crippen MR) is 127 cm³/mol. The van der Waals surface area contributed by atoms with Gasteiger partial charge < -0.3 is 10.1 Å². The van der Waals surface area contributed by atoms with Gasteiger partial charge in [-0.05, 0) is 42.8 Å². The first-order valence-corrected chi connectivity index (χ1v) is 13.3. The number of thioether (sulfide) groups is 1. The number of ether oxygens (including phenoxy) is 1. The Hall–Kier alpha value is -2.66. The van der Waals surface area contributed by atoms with Gasteiger partial charge in [0, 0.05) is 35.7 Å². The lowest BCUT2D eigenvalue weighted by Gasteiger charge is -2.26. The van der Waals surface area contributed by atoms with E-state index in [1.807, 2.05) is 31.2 Å². The Morgan fingerprint density at radius 2 is 1.79 bits per heavy atom. The highest BCUT2D eigenvalue weighted by atomic mass is 32.2. The molecule has 0 bridgehead atoms. The van der Waals surface area contributed by atoms with Crippen molar-refractivity contribution in [2.24, 2.45) is 0 Å². The van der Waals surface area contributed by atoms with Crippen molar-refractivity contribution in [2.45, 2.75) is 23.3 Å². The first kappa shape index (κ1) is 22.1. The van der Waals surface area contributed by atoms with Crippen LogP contribution in [0.15, 0.2) is 53.4 Å². The van der Waals surface area contributed by atoms with Gasteiger partial charge in [0.1, 0.15) is 5.82 Å². The quantitative estimate of drug-likeness (QED) is 0.598. The maximum Gasteiger partial charge on any atom is 0.256 e. The van der Waals surface area contributed by atoms with Gasteiger partial charge in [-0.25, -0.2) is 13.1 Å². The number of para-hydroxylation sites is 1. The third-order valence-corrected chi connectivity index (χ3v) is 8.74. The van der Waals surface area contributed by atoms with E-state index < -0.39 is 10.0 Å². The van der Waals surface area contributed by atoms with Crippen LogP contribution in [0.25, 0.3) is 5.69 Å². The summed E-state index contributed by atoms with van der Waals surface area (Å²) in [5, 5.41) is 7.78. The summed E-state index contributed by atoms with van der Waals surface area (Å²) >= 11 is 1.77. The molecule has 33 heavy (non-hydrogen) atoms. The first-order chi connectivity index (χ1) is 15.9. The van der Waals surface area contributed by atoms with E-state index in [0.717, 1.165) is 34.0 Å². The number of anilines is 1. The number of hydrogen-bond acceptors (Lipinski definition) is 6. The van der Waals surface area contributed by atoms with Crippen molar-refractivity contribution in [1.29, 1.82) is 0 Å². The third kappa shape index (κ3) is 4.19. The van der Waals surface area contributed by atoms with Gasteiger partial charge in [0.05, 0.1) is 29.5 Å². The molecule has 1 amide bonds. The van der Waals surface area contributed by atoms with Gasteiger partial charge >= 0.3 is 0 Å². The van der Waals surface area contributed by atoms with Gasteiger partial charge in [0.25, 0.3) is 5.91 Å². The van der Waals surface area contributed by atoms with Gasteiger partial charge in [0.15, 0.2) is 0 Å². The Morgan fingerprint density at radius 3 is 2.52 bits per heavy atom. The monoisotopic (exact) mass is 484 g/mol. The van der Waals surface area contributed by atoms with Crippen molar-refractivity contribution in [3.63, 3.8) is 0 Å². The van der Waals surface area contributed by atoms with E-state index in [1.165, 1.54) is 16.4 Å². The lowest BCUT2D eigenvalue weighted by atomic mass is 10.2. The second-order valence-electron chi connectivity index (χ2n) is 7.96. The minimum absolute atomic E-state index is 0.170. The Morgan fingerprint density at radius 1 is 1.06 bits per heavy atom. The molecule has 0 atom stereocenters. The predicted octanol–water partition coefficient (Wildman–Crippen LogP) is 3.20. The van der Waals surface area contributed by atoms with Gasteiger partial charge in [0.2, 0.25) is 10.0 Å². The van der Waals surface area contributed by atoms with Crippen LogP contribution in [0, 0.1) is 6.92 Å². The van der Waals surface area contributed by atoms with Crippen LogP contribution in [-0.4, -0.2) is 54.7 Å². The van der Waals surface area contributed by atoms with Crippen LogP contribution >= 0.6 is 11.8 Å². The number of amides is 1. The molecule has 172 valence electrons. The molecule has 0 saturated carbocycles. The first-order valence-electron chi connectivity index (χ1n) is 10.7. The molecule has 0 spiro atoms. The van der Waals surface area contributed by atoms with Crippen LogP contribution in [0.3, 0.4) is 0 Å². The number of hydrogen-bond donors (Lipinski definition) is 1. The van der Waals surface area contributed by atoms with Crippen LogP contribution in [0.2, 0.25) is 0 Å². The molecular weight excluding hydrogens is 460 g/mol. The minimum atomic E-state index is -3.61. The summed E-state index contributed by atoms with van der Waals surface area (Å²) in [5.74, 6) is 1.96. The highest BCUT2D eigenvalue weighted by Gasteiger charge is 2.28. The van der Waals surface area contributed by atoms with Crippen molar-refractivity contribution < 1.29 is 17.9 Å². The van der Waals surface area contributed by atoms with Crippen LogP contribution in [-0.2, 0) is 26.3 Å². The molecule has 0 aliphatic carbocycles. The molecule has 0 unspecified atom stereocenters. The zero-order valence-electron chi connectivity index (χ0n) is 18.2. The number of morpholine rings is 1. The van der Waals surface area contributed by atoms with Crippen molar-refractivity contribution >= 4 is 33.5 Å². The second kappa shape index (κ2) is 8.94. The number of rotatable bonds is 5. The highest BCUT2D eigenvalue weighted by Crippen LogP contribution is 2.36. The van der Waals surface area contributed by atoms with E-state index in [1.54, 1.807) is 28.6 Å². The van der Waals surface area contributed by atoms with Crippen LogP contribution in [0.1, 0.15) is 27.2 Å². The van der Waals surface area contributed by atoms with E-state index in [9.17, 15) is 13.2 Å². The standard InChI is InChI=1S/C23H24N4O4S2/c1-16-4-2-3-5-21(16)27-22(19-14-32-15-20(19)25-27)24-23(28)17-6-8-18(9-7-17)33(29,30)26-10-12-31-13-11-26/h2-9H,10-15H2,1H3,(H,24,28). The molecule has 2 aliphatic heterocycles. The normalized spacial score (nSPS) is 16.5. The van der Waals surface area contributed by atoms with Crippen molar-refractivity contribution in [1.82, 2.24) is 14.1 Å². The SMILES string of the molecule is Cc1ccccc1-n1nc2c(c1NC(=O)c1ccc(S(=O)(=O)N3CCOCC3)cc1)CSC2. The summed E-state index contributed by atoms with van der Waals surface area (Å²) in [6, 6.07) is 14.0. The van der Waals surface area contributed by atoms with E-state index in [-0.39, 0.29) is 10.8 Å². The number of aromatic nitrogens is 2. The third-order valence-electron chi connectivity index (χ3n) is 5.85. The molecule has 1 fully saturated rings. The molecule has 10 heteroatoms. The fourth-order valence-corrected chi connectivity index (χ4v) is 6.45. The maximum atomic E-state index is 13.1. The molecule has 1 saturated heterocycles. The molecule has 1 aromatic heterocycles. The maximum absolute atomic E-state index is 13.1. The number of sulfonamides is 1. The van der Waals surface area contributed by atoms with Crippen LogP contribution in [0.5, 0.6) is 0 Å². The lowest BCUT2D eigenvalue weighted by molar-refractivity contribution is 0.0730.